The van der Waals surface area contributed by atoms with Gasteiger partial charge < -0.3 is 10.6 Å². The molecule has 1 amide bonds. The van der Waals surface area contributed by atoms with Gasteiger partial charge in [-0.05, 0) is 18.1 Å². The number of para-hydroxylation sites is 1. The first kappa shape index (κ1) is 8.00. The Bertz CT molecular complexity index is 402. The standard InChI is InChI=1S/C11H12N2O/c12-8-6-11(14)13-9-4-2-1-3-7(9)5-10(8)13/h1-4,8,10H,5-6,12H2. The van der Waals surface area contributed by atoms with Gasteiger partial charge in [-0.25, -0.2) is 0 Å². The first-order valence-corrected chi connectivity index (χ1v) is 4.93. The molecule has 0 spiro atoms. The number of anilines is 1. The fourth-order valence-electron chi connectivity index (χ4n) is 2.51. The lowest BCUT2D eigenvalue weighted by Gasteiger charge is -2.17. The van der Waals surface area contributed by atoms with E-state index in [0.717, 1.165) is 12.1 Å². The zero-order valence-corrected chi connectivity index (χ0v) is 7.81. The Morgan fingerprint density at radius 1 is 1.29 bits per heavy atom. The van der Waals surface area contributed by atoms with Crippen molar-refractivity contribution in [2.75, 3.05) is 4.90 Å². The van der Waals surface area contributed by atoms with Gasteiger partial charge in [0.2, 0.25) is 5.91 Å². The van der Waals surface area contributed by atoms with E-state index >= 15 is 0 Å². The first-order valence-electron chi connectivity index (χ1n) is 4.93. The van der Waals surface area contributed by atoms with Crippen LogP contribution in [0.2, 0.25) is 0 Å². The molecule has 3 heteroatoms. The summed E-state index contributed by atoms with van der Waals surface area (Å²) < 4.78 is 0. The van der Waals surface area contributed by atoms with Gasteiger partial charge in [0.05, 0.1) is 6.04 Å². The lowest BCUT2D eigenvalue weighted by molar-refractivity contribution is -0.117. The molecule has 0 bridgehead atoms. The van der Waals surface area contributed by atoms with Gasteiger partial charge in [-0.1, -0.05) is 18.2 Å². The van der Waals surface area contributed by atoms with Crippen molar-refractivity contribution in [3.05, 3.63) is 29.8 Å². The molecular formula is C11H12N2O. The van der Waals surface area contributed by atoms with Crippen LogP contribution in [0.1, 0.15) is 12.0 Å². The second kappa shape index (κ2) is 2.58. The lowest BCUT2D eigenvalue weighted by Crippen LogP contribution is -2.37. The number of benzene rings is 1. The van der Waals surface area contributed by atoms with E-state index in [1.165, 1.54) is 5.56 Å². The molecule has 3 nitrogen and oxygen atoms in total. The molecule has 1 fully saturated rings. The number of nitrogens with two attached hydrogens (primary N) is 1. The Hall–Kier alpha value is -1.35. The van der Waals surface area contributed by atoms with Crippen molar-refractivity contribution < 1.29 is 4.79 Å². The van der Waals surface area contributed by atoms with Gasteiger partial charge >= 0.3 is 0 Å². The average molecular weight is 188 g/mol. The third kappa shape index (κ3) is 0.876. The van der Waals surface area contributed by atoms with E-state index in [-0.39, 0.29) is 18.0 Å². The van der Waals surface area contributed by atoms with Crippen LogP contribution in [0.5, 0.6) is 0 Å². The topological polar surface area (TPSA) is 46.3 Å². The molecule has 3 rings (SSSR count). The molecule has 0 aliphatic carbocycles. The maximum absolute atomic E-state index is 11.7. The van der Waals surface area contributed by atoms with Crippen LogP contribution >= 0.6 is 0 Å². The highest BCUT2D eigenvalue weighted by atomic mass is 16.2. The van der Waals surface area contributed by atoms with E-state index in [0.29, 0.717) is 6.42 Å². The largest absolute Gasteiger partial charge is 0.325 e. The summed E-state index contributed by atoms with van der Waals surface area (Å²) in [6.45, 7) is 0. The normalized spacial score (nSPS) is 29.2. The predicted octanol–water partition coefficient (Wildman–Crippen LogP) is 0.675. The van der Waals surface area contributed by atoms with Crippen LogP contribution in [0.15, 0.2) is 24.3 Å². The summed E-state index contributed by atoms with van der Waals surface area (Å²) in [6.07, 6.45) is 1.42. The maximum atomic E-state index is 11.7. The van der Waals surface area contributed by atoms with Crippen molar-refractivity contribution in [1.29, 1.82) is 0 Å². The number of hydrogen-bond donors (Lipinski definition) is 1. The maximum Gasteiger partial charge on any atom is 0.228 e. The quantitative estimate of drug-likeness (QED) is 0.650. The molecule has 1 aromatic carbocycles. The number of amides is 1. The average Bonchev–Trinajstić information content (AvgIpc) is 2.66. The molecular weight excluding hydrogens is 176 g/mol. The minimum atomic E-state index is 0.00917. The molecule has 14 heavy (non-hydrogen) atoms. The summed E-state index contributed by atoms with van der Waals surface area (Å²) >= 11 is 0. The molecule has 2 heterocycles. The molecule has 1 aromatic rings. The van der Waals surface area contributed by atoms with E-state index in [2.05, 4.69) is 6.07 Å². The molecule has 72 valence electrons. The van der Waals surface area contributed by atoms with Crippen LogP contribution in [0.4, 0.5) is 5.69 Å². The minimum absolute atomic E-state index is 0.00917. The Kier molecular flexibility index (Phi) is 1.47. The summed E-state index contributed by atoms with van der Waals surface area (Å²) in [6, 6.07) is 8.28. The van der Waals surface area contributed by atoms with E-state index in [1.54, 1.807) is 0 Å². The third-order valence-corrected chi connectivity index (χ3v) is 3.19. The third-order valence-electron chi connectivity index (χ3n) is 3.19. The summed E-state index contributed by atoms with van der Waals surface area (Å²) in [4.78, 5) is 13.5. The number of hydrogen-bond acceptors (Lipinski definition) is 2. The molecule has 1 saturated heterocycles. The fraction of sp³-hybridized carbons (Fsp3) is 0.364. The zero-order chi connectivity index (χ0) is 9.71. The van der Waals surface area contributed by atoms with Gasteiger partial charge in [0.25, 0.3) is 0 Å². The summed E-state index contributed by atoms with van der Waals surface area (Å²) in [5.41, 5.74) is 8.24. The molecule has 2 aliphatic heterocycles. The van der Waals surface area contributed by atoms with Crippen molar-refractivity contribution in [2.45, 2.75) is 24.9 Å². The molecule has 0 aromatic heterocycles. The van der Waals surface area contributed by atoms with Crippen molar-refractivity contribution >= 4 is 11.6 Å². The summed E-state index contributed by atoms with van der Waals surface area (Å²) in [7, 11) is 0. The van der Waals surface area contributed by atoms with E-state index in [4.69, 9.17) is 5.73 Å². The molecule has 2 unspecified atom stereocenters. The molecule has 2 N–H and O–H groups in total. The molecule has 0 radical (unpaired) electrons. The fourth-order valence-corrected chi connectivity index (χ4v) is 2.51. The molecule has 0 saturated carbocycles. The van der Waals surface area contributed by atoms with Crippen molar-refractivity contribution in [2.24, 2.45) is 5.73 Å². The van der Waals surface area contributed by atoms with Crippen LogP contribution in [-0.2, 0) is 11.2 Å². The SMILES string of the molecule is NC1CC(=O)N2c3ccccc3CC12. The van der Waals surface area contributed by atoms with Gasteiger partial charge in [-0.3, -0.25) is 4.79 Å². The van der Waals surface area contributed by atoms with E-state index in [9.17, 15) is 4.79 Å². The Morgan fingerprint density at radius 3 is 2.93 bits per heavy atom. The van der Waals surface area contributed by atoms with Gasteiger partial charge in [0.1, 0.15) is 0 Å². The number of carbonyl (C=O) groups is 1. The van der Waals surface area contributed by atoms with Crippen molar-refractivity contribution in [3.8, 4) is 0 Å². The summed E-state index contributed by atoms with van der Waals surface area (Å²) in [5, 5.41) is 0. The second-order valence-electron chi connectivity index (χ2n) is 4.03. The van der Waals surface area contributed by atoms with Gasteiger partial charge in [0.15, 0.2) is 0 Å². The zero-order valence-electron chi connectivity index (χ0n) is 7.81. The summed E-state index contributed by atoms with van der Waals surface area (Å²) in [5.74, 6) is 0.174. The number of nitrogens with zero attached hydrogens (tertiary/aromatic N) is 1. The van der Waals surface area contributed by atoms with Crippen LogP contribution in [0.25, 0.3) is 0 Å². The monoisotopic (exact) mass is 188 g/mol. The Balaban J connectivity index is 2.11. The van der Waals surface area contributed by atoms with Crippen molar-refractivity contribution in [3.63, 3.8) is 0 Å². The highest BCUT2D eigenvalue weighted by Crippen LogP contribution is 2.37. The molecule has 2 aliphatic rings. The van der Waals surface area contributed by atoms with Crippen LogP contribution in [0, 0.1) is 0 Å². The molecule has 2 atom stereocenters. The van der Waals surface area contributed by atoms with E-state index in [1.807, 2.05) is 23.1 Å². The predicted molar refractivity (Wildman–Crippen MR) is 54.0 cm³/mol. The highest BCUT2D eigenvalue weighted by Gasteiger charge is 2.43. The minimum Gasteiger partial charge on any atom is -0.325 e. The van der Waals surface area contributed by atoms with Gasteiger partial charge in [-0.2, -0.15) is 0 Å². The first-order chi connectivity index (χ1) is 6.77. The van der Waals surface area contributed by atoms with Crippen molar-refractivity contribution in [1.82, 2.24) is 0 Å². The van der Waals surface area contributed by atoms with Gasteiger partial charge in [0, 0.05) is 18.2 Å². The van der Waals surface area contributed by atoms with Crippen LogP contribution < -0.4 is 10.6 Å². The van der Waals surface area contributed by atoms with Gasteiger partial charge in [-0.15, -0.1) is 0 Å². The Morgan fingerprint density at radius 2 is 2.07 bits per heavy atom. The highest BCUT2D eigenvalue weighted by molar-refractivity contribution is 5.99. The number of carbonyl (C=O) groups excluding carboxylic acids is 1. The Labute approximate surface area is 82.5 Å². The lowest BCUT2D eigenvalue weighted by atomic mass is 10.0. The van der Waals surface area contributed by atoms with Crippen LogP contribution in [-0.4, -0.2) is 18.0 Å². The second-order valence-corrected chi connectivity index (χ2v) is 4.03. The smallest absolute Gasteiger partial charge is 0.228 e. The van der Waals surface area contributed by atoms with Crippen LogP contribution in [0.3, 0.4) is 0 Å². The van der Waals surface area contributed by atoms with E-state index < -0.39 is 0 Å². The number of fused-ring (bicyclic) bond motifs is 3. The number of rotatable bonds is 0.